The molecule has 0 aliphatic heterocycles. The number of ether oxygens (including phenoxy) is 3. The summed E-state index contributed by atoms with van der Waals surface area (Å²) in [6.45, 7) is -0.00213. The van der Waals surface area contributed by atoms with Gasteiger partial charge in [0.05, 0.1) is 20.3 Å². The molecule has 7 heteroatoms. The normalized spacial score (nSPS) is 10.0. The molecule has 1 N–H and O–H groups in total. The maximum Gasteiger partial charge on any atom is 0.339 e. The van der Waals surface area contributed by atoms with Gasteiger partial charge in [0, 0.05) is 0 Å². The minimum atomic E-state index is -1.06. The highest BCUT2D eigenvalue weighted by atomic mass is 16.5. The molecule has 0 amide bonds. The molecule has 2 aromatic rings. The molecule has 0 spiro atoms. The standard InChI is InChI=1S/C14H14N2O5/c1-19-12-7-13(20-2)16-11(15-12)8-21-10-6-4-3-5-9(10)14(17)18/h3-7H,8H2,1-2H3,(H,17,18). The molecule has 0 aliphatic carbocycles. The second-order valence-electron chi connectivity index (χ2n) is 3.96. The fourth-order valence-electron chi connectivity index (χ4n) is 1.63. The molecular formula is C14H14N2O5. The van der Waals surface area contributed by atoms with Gasteiger partial charge in [-0.1, -0.05) is 12.1 Å². The largest absolute Gasteiger partial charge is 0.485 e. The van der Waals surface area contributed by atoms with Gasteiger partial charge < -0.3 is 19.3 Å². The van der Waals surface area contributed by atoms with E-state index in [0.717, 1.165) is 0 Å². The Kier molecular flexibility index (Phi) is 4.55. The molecule has 0 radical (unpaired) electrons. The number of aromatic carboxylic acids is 1. The van der Waals surface area contributed by atoms with Crippen LogP contribution in [0.5, 0.6) is 17.5 Å². The quantitative estimate of drug-likeness (QED) is 0.866. The van der Waals surface area contributed by atoms with Gasteiger partial charge in [-0.05, 0) is 12.1 Å². The summed E-state index contributed by atoms with van der Waals surface area (Å²) in [4.78, 5) is 19.3. The van der Waals surface area contributed by atoms with E-state index in [1.165, 1.54) is 26.4 Å². The molecule has 0 saturated carbocycles. The van der Waals surface area contributed by atoms with E-state index in [2.05, 4.69) is 9.97 Å². The Balaban J connectivity index is 2.18. The summed E-state index contributed by atoms with van der Waals surface area (Å²) in [5.41, 5.74) is 0.0763. The summed E-state index contributed by atoms with van der Waals surface area (Å²) in [7, 11) is 2.96. The van der Waals surface area contributed by atoms with E-state index in [4.69, 9.17) is 19.3 Å². The van der Waals surface area contributed by atoms with Crippen LogP contribution in [0.1, 0.15) is 16.2 Å². The van der Waals surface area contributed by atoms with E-state index in [1.807, 2.05) is 0 Å². The third kappa shape index (κ3) is 3.59. The van der Waals surface area contributed by atoms with Crippen LogP contribution in [0.4, 0.5) is 0 Å². The smallest absolute Gasteiger partial charge is 0.339 e. The van der Waals surface area contributed by atoms with Crippen molar-refractivity contribution in [1.82, 2.24) is 9.97 Å². The fourth-order valence-corrected chi connectivity index (χ4v) is 1.63. The lowest BCUT2D eigenvalue weighted by Crippen LogP contribution is -2.07. The average Bonchev–Trinajstić information content (AvgIpc) is 2.52. The summed E-state index contributed by atoms with van der Waals surface area (Å²) in [5.74, 6) is 0.190. The van der Waals surface area contributed by atoms with Crippen molar-refractivity contribution in [2.24, 2.45) is 0 Å². The number of carboxylic acid groups (broad SMARTS) is 1. The molecule has 1 aromatic heterocycles. The van der Waals surface area contributed by atoms with Gasteiger partial charge in [-0.25, -0.2) is 4.79 Å². The summed E-state index contributed by atoms with van der Waals surface area (Å²) < 4.78 is 15.5. The van der Waals surface area contributed by atoms with Gasteiger partial charge in [-0.2, -0.15) is 9.97 Å². The number of hydrogen-bond acceptors (Lipinski definition) is 6. The van der Waals surface area contributed by atoms with Crippen molar-refractivity contribution >= 4 is 5.97 Å². The van der Waals surface area contributed by atoms with Gasteiger partial charge in [-0.3, -0.25) is 0 Å². The Morgan fingerprint density at radius 1 is 1.14 bits per heavy atom. The molecular weight excluding hydrogens is 276 g/mol. The first kappa shape index (κ1) is 14.6. The zero-order valence-electron chi connectivity index (χ0n) is 11.6. The van der Waals surface area contributed by atoms with Gasteiger partial charge in [0.25, 0.3) is 0 Å². The van der Waals surface area contributed by atoms with Crippen LogP contribution in [0.2, 0.25) is 0 Å². The molecule has 7 nitrogen and oxygen atoms in total. The monoisotopic (exact) mass is 290 g/mol. The summed E-state index contributed by atoms with van der Waals surface area (Å²) in [5, 5.41) is 9.08. The Morgan fingerprint density at radius 2 is 1.76 bits per heavy atom. The van der Waals surface area contributed by atoms with Gasteiger partial charge >= 0.3 is 5.97 Å². The summed E-state index contributed by atoms with van der Waals surface area (Å²) in [6, 6.07) is 7.89. The number of carbonyl (C=O) groups is 1. The molecule has 21 heavy (non-hydrogen) atoms. The first-order valence-electron chi connectivity index (χ1n) is 6.05. The van der Waals surface area contributed by atoms with Crippen molar-refractivity contribution in [3.63, 3.8) is 0 Å². The molecule has 110 valence electrons. The molecule has 2 rings (SSSR count). The van der Waals surface area contributed by atoms with Crippen LogP contribution in [0.15, 0.2) is 30.3 Å². The number of hydrogen-bond donors (Lipinski definition) is 1. The van der Waals surface area contributed by atoms with Gasteiger partial charge in [0.15, 0.2) is 5.82 Å². The zero-order valence-corrected chi connectivity index (χ0v) is 11.6. The van der Waals surface area contributed by atoms with Crippen LogP contribution in [0, 0.1) is 0 Å². The minimum absolute atomic E-state index is 0.00213. The highest BCUT2D eigenvalue weighted by Crippen LogP contribution is 2.20. The number of rotatable bonds is 6. The van der Waals surface area contributed by atoms with Crippen LogP contribution >= 0.6 is 0 Å². The van der Waals surface area contributed by atoms with Gasteiger partial charge in [-0.15, -0.1) is 0 Å². The topological polar surface area (TPSA) is 90.8 Å². The van der Waals surface area contributed by atoms with Crippen molar-refractivity contribution in [3.8, 4) is 17.5 Å². The first-order chi connectivity index (χ1) is 10.1. The number of methoxy groups -OCH3 is 2. The fraction of sp³-hybridized carbons (Fsp3) is 0.214. The number of aromatic nitrogens is 2. The van der Waals surface area contributed by atoms with Crippen LogP contribution in [0.25, 0.3) is 0 Å². The van der Waals surface area contributed by atoms with E-state index in [0.29, 0.717) is 17.6 Å². The highest BCUT2D eigenvalue weighted by molar-refractivity contribution is 5.90. The van der Waals surface area contributed by atoms with E-state index in [1.54, 1.807) is 18.2 Å². The predicted molar refractivity (Wildman–Crippen MR) is 72.9 cm³/mol. The minimum Gasteiger partial charge on any atom is -0.485 e. The maximum atomic E-state index is 11.1. The molecule has 0 atom stereocenters. The average molecular weight is 290 g/mol. The number of benzene rings is 1. The molecule has 0 unspecified atom stereocenters. The third-order valence-electron chi connectivity index (χ3n) is 2.62. The highest BCUT2D eigenvalue weighted by Gasteiger charge is 2.12. The van der Waals surface area contributed by atoms with Gasteiger partial charge in [0.1, 0.15) is 17.9 Å². The Bertz CT molecular complexity index is 623. The Morgan fingerprint density at radius 3 is 2.33 bits per heavy atom. The second kappa shape index (κ2) is 6.56. The van der Waals surface area contributed by atoms with Crippen LogP contribution in [0.3, 0.4) is 0 Å². The Labute approximate surface area is 121 Å². The van der Waals surface area contributed by atoms with Crippen molar-refractivity contribution in [1.29, 1.82) is 0 Å². The van der Waals surface area contributed by atoms with Crippen molar-refractivity contribution in [2.45, 2.75) is 6.61 Å². The lowest BCUT2D eigenvalue weighted by Gasteiger charge is -2.09. The van der Waals surface area contributed by atoms with E-state index in [-0.39, 0.29) is 17.9 Å². The number of carboxylic acids is 1. The van der Waals surface area contributed by atoms with E-state index in [9.17, 15) is 4.79 Å². The predicted octanol–water partition coefficient (Wildman–Crippen LogP) is 1.77. The zero-order chi connectivity index (χ0) is 15.2. The molecule has 1 aromatic carbocycles. The molecule has 0 saturated heterocycles. The summed E-state index contributed by atoms with van der Waals surface area (Å²) in [6.07, 6.45) is 0. The Hall–Kier alpha value is -2.83. The lowest BCUT2D eigenvalue weighted by molar-refractivity contribution is 0.0691. The number of nitrogens with zero attached hydrogens (tertiary/aromatic N) is 2. The van der Waals surface area contributed by atoms with Gasteiger partial charge in [0.2, 0.25) is 11.8 Å². The molecule has 1 heterocycles. The van der Waals surface area contributed by atoms with Crippen molar-refractivity contribution in [2.75, 3.05) is 14.2 Å². The summed E-state index contributed by atoms with van der Waals surface area (Å²) >= 11 is 0. The molecule has 0 fully saturated rings. The SMILES string of the molecule is COc1cc(OC)nc(COc2ccccc2C(=O)O)n1. The van der Waals surface area contributed by atoms with Crippen molar-refractivity contribution in [3.05, 3.63) is 41.7 Å². The maximum absolute atomic E-state index is 11.1. The molecule has 0 aliphatic rings. The second-order valence-corrected chi connectivity index (χ2v) is 3.96. The van der Waals surface area contributed by atoms with Crippen LogP contribution in [-0.2, 0) is 6.61 Å². The molecule has 0 bridgehead atoms. The third-order valence-corrected chi connectivity index (χ3v) is 2.62. The van der Waals surface area contributed by atoms with E-state index < -0.39 is 5.97 Å². The van der Waals surface area contributed by atoms with E-state index >= 15 is 0 Å². The van der Waals surface area contributed by atoms with Crippen LogP contribution < -0.4 is 14.2 Å². The first-order valence-corrected chi connectivity index (χ1v) is 6.05. The van der Waals surface area contributed by atoms with Crippen molar-refractivity contribution < 1.29 is 24.1 Å². The lowest BCUT2D eigenvalue weighted by atomic mass is 10.2. The number of para-hydroxylation sites is 1. The van der Waals surface area contributed by atoms with Crippen LogP contribution in [-0.4, -0.2) is 35.3 Å².